The number of ether oxygens (including phenoxy) is 1. The van der Waals surface area contributed by atoms with Gasteiger partial charge >= 0.3 is 0 Å². The normalized spacial score (nSPS) is 31.0. The third-order valence-electron chi connectivity index (χ3n) is 5.19. The monoisotopic (exact) mass is 394 g/mol. The van der Waals surface area contributed by atoms with Crippen molar-refractivity contribution in [3.63, 3.8) is 0 Å². The maximum Gasteiger partial charge on any atom is 0.159 e. The number of thiocarbonyl (C=S) groups is 1. The molecule has 1 aliphatic heterocycles. The lowest BCUT2D eigenvalue weighted by Gasteiger charge is -2.40. The van der Waals surface area contributed by atoms with Gasteiger partial charge in [0.25, 0.3) is 0 Å². The van der Waals surface area contributed by atoms with E-state index in [1.165, 1.54) is 11.1 Å². The van der Waals surface area contributed by atoms with Gasteiger partial charge in [-0.25, -0.2) is 0 Å². The summed E-state index contributed by atoms with van der Waals surface area (Å²) in [5.41, 5.74) is 2.99. The summed E-state index contributed by atoms with van der Waals surface area (Å²) >= 11 is 9.12. The molecule has 2 aliphatic rings. The summed E-state index contributed by atoms with van der Waals surface area (Å²) in [5, 5.41) is 3.57. The molecule has 0 saturated heterocycles. The van der Waals surface area contributed by atoms with E-state index in [2.05, 4.69) is 46.4 Å². The Balaban J connectivity index is 2.03. The molecule has 1 aliphatic carbocycles. The highest BCUT2D eigenvalue weighted by atomic mass is 79.9. The number of aliphatic imine (C=N–C) groups is 1. The largest absolute Gasteiger partial charge is 0.381 e. The highest BCUT2D eigenvalue weighted by Crippen LogP contribution is 2.44. The maximum absolute atomic E-state index is 5.54. The number of benzene rings is 1. The van der Waals surface area contributed by atoms with Gasteiger partial charge in [0.05, 0.1) is 11.8 Å². The van der Waals surface area contributed by atoms with Crippen LogP contribution in [0.15, 0.2) is 27.7 Å². The Hall–Kier alpha value is -0.780. The van der Waals surface area contributed by atoms with E-state index in [0.717, 1.165) is 40.9 Å². The smallest absolute Gasteiger partial charge is 0.159 e. The molecule has 1 aromatic rings. The van der Waals surface area contributed by atoms with E-state index in [0.29, 0.717) is 12.0 Å². The molecule has 0 bridgehead atoms. The molecule has 1 heterocycles. The summed E-state index contributed by atoms with van der Waals surface area (Å²) in [4.78, 5) is 5.83. The van der Waals surface area contributed by atoms with Gasteiger partial charge in [0, 0.05) is 23.1 Å². The standard InChI is InChI=1S/C18H23BrN2OS/c1-11-4-7-14(19)10-16(11)18(20-12(2)17(23)21-18)13-5-8-15(22-3)9-6-13/h4,7,10,13,15H,5-6,8-9H2,1-3H3,(H,21,23). The van der Waals surface area contributed by atoms with Crippen LogP contribution >= 0.6 is 28.1 Å². The van der Waals surface area contributed by atoms with Gasteiger partial charge in [0.2, 0.25) is 0 Å². The van der Waals surface area contributed by atoms with Gasteiger partial charge in [-0.3, -0.25) is 4.99 Å². The summed E-state index contributed by atoms with van der Waals surface area (Å²) in [6, 6.07) is 6.42. The molecule has 23 heavy (non-hydrogen) atoms. The van der Waals surface area contributed by atoms with Crippen LogP contribution in [-0.4, -0.2) is 23.9 Å². The minimum Gasteiger partial charge on any atom is -0.381 e. The second-order valence-electron chi connectivity index (χ2n) is 6.59. The van der Waals surface area contributed by atoms with Gasteiger partial charge in [-0.15, -0.1) is 0 Å². The van der Waals surface area contributed by atoms with Crippen LogP contribution in [-0.2, 0) is 10.4 Å². The van der Waals surface area contributed by atoms with Crippen molar-refractivity contribution < 1.29 is 4.74 Å². The quantitative estimate of drug-likeness (QED) is 0.765. The molecule has 1 saturated carbocycles. The molecule has 1 aromatic carbocycles. The molecule has 0 spiro atoms. The van der Waals surface area contributed by atoms with Crippen LogP contribution in [0.4, 0.5) is 0 Å². The molecule has 5 heteroatoms. The molecule has 3 nitrogen and oxygen atoms in total. The van der Waals surface area contributed by atoms with Crippen molar-refractivity contribution in [2.45, 2.75) is 51.3 Å². The first-order valence-corrected chi connectivity index (χ1v) is 9.35. The summed E-state index contributed by atoms with van der Waals surface area (Å²) in [6.07, 6.45) is 4.73. The highest BCUT2D eigenvalue weighted by molar-refractivity contribution is 9.10. The van der Waals surface area contributed by atoms with Crippen LogP contribution < -0.4 is 5.32 Å². The summed E-state index contributed by atoms with van der Waals surface area (Å²) in [5.74, 6) is 0.428. The molecule has 3 rings (SSSR count). The third-order valence-corrected chi connectivity index (χ3v) is 6.08. The first kappa shape index (κ1) is 17.1. The Morgan fingerprint density at radius 1 is 1.26 bits per heavy atom. The van der Waals surface area contributed by atoms with Crippen molar-refractivity contribution in [3.8, 4) is 0 Å². The van der Waals surface area contributed by atoms with E-state index in [1.54, 1.807) is 0 Å². The lowest BCUT2D eigenvalue weighted by atomic mass is 9.75. The average molecular weight is 395 g/mol. The van der Waals surface area contributed by atoms with Crippen LogP contribution in [0.2, 0.25) is 0 Å². The van der Waals surface area contributed by atoms with Crippen LogP contribution in [0.1, 0.15) is 43.7 Å². The van der Waals surface area contributed by atoms with Crippen LogP contribution in [0, 0.1) is 12.8 Å². The molecule has 0 aromatic heterocycles. The molecule has 1 atom stereocenters. The SMILES string of the molecule is COC1CCC(C2(c3cc(Br)ccc3C)N=C(C)C(=S)N2)CC1. The van der Waals surface area contributed by atoms with Crippen LogP contribution in [0.25, 0.3) is 0 Å². The fourth-order valence-electron chi connectivity index (χ4n) is 3.87. The molecular weight excluding hydrogens is 372 g/mol. The molecule has 0 amide bonds. The highest BCUT2D eigenvalue weighted by Gasteiger charge is 2.46. The predicted octanol–water partition coefficient (Wildman–Crippen LogP) is 4.51. The number of hydrogen-bond donors (Lipinski definition) is 1. The number of nitrogens with one attached hydrogen (secondary N) is 1. The van der Waals surface area contributed by atoms with E-state index < -0.39 is 5.66 Å². The maximum atomic E-state index is 5.54. The van der Waals surface area contributed by atoms with E-state index in [1.807, 2.05) is 14.0 Å². The van der Waals surface area contributed by atoms with Crippen molar-refractivity contribution in [1.29, 1.82) is 0 Å². The number of methoxy groups -OCH3 is 1. The van der Waals surface area contributed by atoms with E-state index in [-0.39, 0.29) is 0 Å². The van der Waals surface area contributed by atoms with Crippen molar-refractivity contribution in [1.82, 2.24) is 5.32 Å². The Labute approximate surface area is 152 Å². The number of aryl methyl sites for hydroxylation is 1. The number of rotatable bonds is 3. The van der Waals surface area contributed by atoms with E-state index in [4.69, 9.17) is 21.9 Å². The molecular formula is C18H23BrN2OS. The minimum atomic E-state index is -0.423. The zero-order valence-electron chi connectivity index (χ0n) is 13.9. The second kappa shape index (κ2) is 6.61. The summed E-state index contributed by atoms with van der Waals surface area (Å²) in [7, 11) is 1.81. The Morgan fingerprint density at radius 2 is 1.96 bits per heavy atom. The van der Waals surface area contributed by atoms with Crippen molar-refractivity contribution in [2.24, 2.45) is 10.9 Å². The zero-order valence-corrected chi connectivity index (χ0v) is 16.3. The second-order valence-corrected chi connectivity index (χ2v) is 7.91. The van der Waals surface area contributed by atoms with Crippen molar-refractivity contribution >= 4 is 38.8 Å². The van der Waals surface area contributed by atoms with Gasteiger partial charge in [-0.2, -0.15) is 0 Å². The Morgan fingerprint density at radius 3 is 2.52 bits per heavy atom. The first-order valence-electron chi connectivity index (χ1n) is 8.14. The van der Waals surface area contributed by atoms with E-state index in [9.17, 15) is 0 Å². The molecule has 1 N–H and O–H groups in total. The number of nitrogens with zero attached hydrogens (tertiary/aromatic N) is 1. The van der Waals surface area contributed by atoms with Gasteiger partial charge in [-0.05, 0) is 57.2 Å². The fraction of sp³-hybridized carbons (Fsp3) is 0.556. The van der Waals surface area contributed by atoms with Gasteiger partial charge < -0.3 is 10.1 Å². The molecule has 1 fully saturated rings. The minimum absolute atomic E-state index is 0.380. The summed E-state index contributed by atoms with van der Waals surface area (Å²) < 4.78 is 6.62. The average Bonchev–Trinajstić information content (AvgIpc) is 2.86. The van der Waals surface area contributed by atoms with Gasteiger partial charge in [-0.1, -0.05) is 34.2 Å². The molecule has 124 valence electrons. The van der Waals surface area contributed by atoms with E-state index >= 15 is 0 Å². The first-order chi connectivity index (χ1) is 11.0. The number of halogens is 1. The van der Waals surface area contributed by atoms with Crippen molar-refractivity contribution in [2.75, 3.05) is 7.11 Å². The number of hydrogen-bond acceptors (Lipinski definition) is 3. The zero-order chi connectivity index (χ0) is 16.6. The fourth-order valence-corrected chi connectivity index (χ4v) is 4.43. The van der Waals surface area contributed by atoms with Crippen LogP contribution in [0.3, 0.4) is 0 Å². The summed E-state index contributed by atoms with van der Waals surface area (Å²) in [6.45, 7) is 4.16. The Kier molecular flexibility index (Phi) is 4.90. The lowest BCUT2D eigenvalue weighted by molar-refractivity contribution is 0.0395. The lowest BCUT2D eigenvalue weighted by Crippen LogP contribution is -2.47. The third kappa shape index (κ3) is 3.11. The van der Waals surface area contributed by atoms with Crippen LogP contribution in [0.5, 0.6) is 0 Å². The Bertz CT molecular complexity index is 652. The van der Waals surface area contributed by atoms with Gasteiger partial charge in [0.1, 0.15) is 4.99 Å². The topological polar surface area (TPSA) is 33.6 Å². The van der Waals surface area contributed by atoms with Gasteiger partial charge in [0.15, 0.2) is 5.66 Å². The molecule has 0 radical (unpaired) electrons. The molecule has 1 unspecified atom stereocenters. The predicted molar refractivity (Wildman–Crippen MR) is 102 cm³/mol. The van der Waals surface area contributed by atoms with Crippen molar-refractivity contribution in [3.05, 3.63) is 33.8 Å².